The number of carbonyl (C=O) groups excluding carboxylic acids is 1. The van der Waals surface area contributed by atoms with Crippen LogP contribution < -0.4 is 15.1 Å². The predicted molar refractivity (Wildman–Crippen MR) is 124 cm³/mol. The Labute approximate surface area is 203 Å². The smallest absolute Gasteiger partial charge is 0.389 e. The summed E-state index contributed by atoms with van der Waals surface area (Å²) in [5.41, 5.74) is 2.41. The van der Waals surface area contributed by atoms with Crippen molar-refractivity contribution < 1.29 is 36.3 Å². The third kappa shape index (κ3) is 6.38. The van der Waals surface area contributed by atoms with Gasteiger partial charge in [0, 0.05) is 51.4 Å². The molecule has 198 valence electrons. The van der Waals surface area contributed by atoms with Gasteiger partial charge in [0.25, 0.3) is 5.91 Å². The Bertz CT molecular complexity index is 943. The molecule has 3 rings (SSSR count). The average molecular weight is 523 g/mol. The van der Waals surface area contributed by atoms with E-state index in [0.29, 0.717) is 31.9 Å². The number of hydrogen-bond donors (Lipinski definition) is 2. The van der Waals surface area contributed by atoms with E-state index in [4.69, 9.17) is 4.74 Å². The number of hydrogen-bond acceptors (Lipinski definition) is 7. The summed E-state index contributed by atoms with van der Waals surface area (Å²) in [5.74, 6) is -0.422. The first-order valence-electron chi connectivity index (χ1n) is 11.7. The zero-order valence-electron chi connectivity index (χ0n) is 19.8. The number of sulfonamides is 1. The number of nitrogens with one attached hydrogen (secondary N) is 1. The Kier molecular flexibility index (Phi) is 8.89. The first-order chi connectivity index (χ1) is 16.5. The number of nitrogens with zero attached hydrogens (tertiary/aromatic N) is 3. The lowest BCUT2D eigenvalue weighted by atomic mass is 9.95. The predicted octanol–water partition coefficient (Wildman–Crippen LogP) is 2.22. The maximum absolute atomic E-state index is 13.6. The standard InChI is InChI=1S/C22H33F3N4O5S/c1-2-27-11-9-21(10-12-27,20(30)26-31)35(32,33)29-15-13-28(14-16-29)18-4-6-19(7-5-18)34-17-3-8-22(23,24)25/h4-7,31H,2-3,8-17H2,1H3,(H,26,30). The molecule has 2 saturated heterocycles. The largest absolute Gasteiger partial charge is 0.494 e. The van der Waals surface area contributed by atoms with Crippen LogP contribution in [0.25, 0.3) is 0 Å². The van der Waals surface area contributed by atoms with Crippen LogP contribution in [0.4, 0.5) is 18.9 Å². The van der Waals surface area contributed by atoms with E-state index >= 15 is 0 Å². The molecular weight excluding hydrogens is 489 g/mol. The lowest BCUT2D eigenvalue weighted by Gasteiger charge is -2.44. The summed E-state index contributed by atoms with van der Waals surface area (Å²) < 4.78 is 68.8. The number of halogens is 3. The highest BCUT2D eigenvalue weighted by molar-refractivity contribution is 7.91. The van der Waals surface area contributed by atoms with Crippen molar-refractivity contribution in [1.82, 2.24) is 14.7 Å². The summed E-state index contributed by atoms with van der Waals surface area (Å²) in [7, 11) is -4.02. The Morgan fingerprint density at radius 2 is 1.69 bits per heavy atom. The summed E-state index contributed by atoms with van der Waals surface area (Å²) in [6, 6.07) is 6.91. The molecule has 35 heavy (non-hydrogen) atoms. The van der Waals surface area contributed by atoms with Crippen molar-refractivity contribution in [1.29, 1.82) is 0 Å². The van der Waals surface area contributed by atoms with E-state index in [9.17, 15) is 31.6 Å². The molecule has 0 spiro atoms. The normalized spacial score (nSPS) is 20.0. The molecule has 13 heteroatoms. The first-order valence-corrected chi connectivity index (χ1v) is 13.2. The number of likely N-dealkylation sites (tertiary alicyclic amines) is 1. The molecule has 0 atom stereocenters. The number of carbonyl (C=O) groups is 1. The van der Waals surface area contributed by atoms with Gasteiger partial charge in [-0.25, -0.2) is 13.9 Å². The highest BCUT2D eigenvalue weighted by Crippen LogP contribution is 2.34. The van der Waals surface area contributed by atoms with Crippen molar-refractivity contribution in [3.63, 3.8) is 0 Å². The molecule has 1 aromatic rings. The van der Waals surface area contributed by atoms with Crippen LogP contribution in [0, 0.1) is 0 Å². The number of anilines is 1. The molecular formula is C22H33F3N4O5S. The molecule has 2 heterocycles. The molecule has 0 bridgehead atoms. The highest BCUT2D eigenvalue weighted by Gasteiger charge is 2.54. The molecule has 0 radical (unpaired) electrons. The molecule has 0 unspecified atom stereocenters. The van der Waals surface area contributed by atoms with Gasteiger partial charge in [-0.2, -0.15) is 17.5 Å². The van der Waals surface area contributed by atoms with E-state index in [1.54, 1.807) is 29.7 Å². The van der Waals surface area contributed by atoms with E-state index in [0.717, 1.165) is 12.2 Å². The minimum atomic E-state index is -4.20. The van der Waals surface area contributed by atoms with Crippen molar-refractivity contribution in [3.05, 3.63) is 24.3 Å². The third-order valence-corrected chi connectivity index (χ3v) is 9.40. The summed E-state index contributed by atoms with van der Waals surface area (Å²) >= 11 is 0. The molecule has 0 aliphatic carbocycles. The molecule has 1 amide bonds. The fraction of sp³-hybridized carbons (Fsp3) is 0.682. The number of benzene rings is 1. The van der Waals surface area contributed by atoms with Gasteiger partial charge < -0.3 is 14.5 Å². The summed E-state index contributed by atoms with van der Waals surface area (Å²) in [5, 5.41) is 9.29. The maximum Gasteiger partial charge on any atom is 0.389 e. The van der Waals surface area contributed by atoms with Gasteiger partial charge in [0.15, 0.2) is 4.75 Å². The lowest BCUT2D eigenvalue weighted by Crippen LogP contribution is -2.63. The van der Waals surface area contributed by atoms with E-state index < -0.39 is 33.3 Å². The lowest BCUT2D eigenvalue weighted by molar-refractivity contribution is -0.136. The topological polar surface area (TPSA) is 102 Å². The van der Waals surface area contributed by atoms with Crippen LogP contribution >= 0.6 is 0 Å². The van der Waals surface area contributed by atoms with Crippen molar-refractivity contribution in [2.75, 3.05) is 57.3 Å². The van der Waals surface area contributed by atoms with Gasteiger partial charge in [0.2, 0.25) is 10.0 Å². The third-order valence-electron chi connectivity index (χ3n) is 6.77. The Morgan fingerprint density at radius 3 is 2.20 bits per heavy atom. The zero-order chi connectivity index (χ0) is 25.7. The molecule has 0 saturated carbocycles. The second kappa shape index (κ2) is 11.3. The van der Waals surface area contributed by atoms with Gasteiger partial charge in [-0.1, -0.05) is 6.92 Å². The van der Waals surface area contributed by atoms with Gasteiger partial charge in [0.1, 0.15) is 5.75 Å². The quantitative estimate of drug-likeness (QED) is 0.291. The van der Waals surface area contributed by atoms with Gasteiger partial charge in [-0.15, -0.1) is 0 Å². The van der Waals surface area contributed by atoms with E-state index in [-0.39, 0.29) is 39.0 Å². The van der Waals surface area contributed by atoms with Gasteiger partial charge >= 0.3 is 6.18 Å². The molecule has 2 fully saturated rings. The molecule has 2 N–H and O–H groups in total. The van der Waals surface area contributed by atoms with Gasteiger partial charge in [-0.05, 0) is 50.1 Å². The number of piperidine rings is 1. The van der Waals surface area contributed by atoms with Crippen LogP contribution in [0.1, 0.15) is 32.6 Å². The van der Waals surface area contributed by atoms with Gasteiger partial charge in [0.05, 0.1) is 6.61 Å². The van der Waals surface area contributed by atoms with Crippen LogP contribution in [0.3, 0.4) is 0 Å². The van der Waals surface area contributed by atoms with Crippen molar-refractivity contribution in [2.45, 2.75) is 43.5 Å². The van der Waals surface area contributed by atoms with Crippen molar-refractivity contribution in [2.24, 2.45) is 0 Å². The van der Waals surface area contributed by atoms with Crippen LogP contribution in [-0.4, -0.2) is 92.1 Å². The molecule has 9 nitrogen and oxygen atoms in total. The van der Waals surface area contributed by atoms with Crippen molar-refractivity contribution in [3.8, 4) is 5.75 Å². The van der Waals surface area contributed by atoms with Crippen LogP contribution in [0.5, 0.6) is 5.75 Å². The Balaban J connectivity index is 1.59. The number of alkyl halides is 3. The first kappa shape index (κ1) is 27.5. The highest BCUT2D eigenvalue weighted by atomic mass is 32.2. The SMILES string of the molecule is CCN1CCC(C(=O)NO)(S(=O)(=O)N2CCN(c3ccc(OCCCC(F)(F)F)cc3)CC2)CC1. The fourth-order valence-corrected chi connectivity index (χ4v) is 6.70. The van der Waals surface area contributed by atoms with Crippen LogP contribution in [0.2, 0.25) is 0 Å². The number of rotatable bonds is 9. The fourth-order valence-electron chi connectivity index (χ4n) is 4.58. The summed E-state index contributed by atoms with van der Waals surface area (Å²) in [6.07, 6.45) is -4.98. The van der Waals surface area contributed by atoms with Crippen LogP contribution in [0.15, 0.2) is 24.3 Å². The number of piperazine rings is 1. The summed E-state index contributed by atoms with van der Waals surface area (Å²) in [4.78, 5) is 16.6. The van der Waals surface area contributed by atoms with E-state index in [1.165, 1.54) is 4.31 Å². The van der Waals surface area contributed by atoms with Crippen LogP contribution in [-0.2, 0) is 14.8 Å². The molecule has 1 aromatic carbocycles. The zero-order valence-corrected chi connectivity index (χ0v) is 20.6. The molecule has 0 aromatic heterocycles. The second-order valence-electron chi connectivity index (χ2n) is 8.82. The molecule has 2 aliphatic heterocycles. The number of ether oxygens (including phenoxy) is 1. The minimum Gasteiger partial charge on any atom is -0.494 e. The summed E-state index contributed by atoms with van der Waals surface area (Å²) in [6.45, 7) is 4.79. The monoisotopic (exact) mass is 522 g/mol. The van der Waals surface area contributed by atoms with Crippen molar-refractivity contribution >= 4 is 21.6 Å². The number of amides is 1. The Hall–Kier alpha value is -2.09. The van der Waals surface area contributed by atoms with Gasteiger partial charge in [-0.3, -0.25) is 10.0 Å². The maximum atomic E-state index is 13.6. The van der Waals surface area contributed by atoms with E-state index in [1.807, 2.05) is 11.8 Å². The average Bonchev–Trinajstić information content (AvgIpc) is 2.86. The molecule has 2 aliphatic rings. The number of hydroxylamine groups is 1. The minimum absolute atomic E-state index is 0.0332. The Morgan fingerprint density at radius 1 is 1.09 bits per heavy atom. The second-order valence-corrected chi connectivity index (χ2v) is 11.1. The van der Waals surface area contributed by atoms with E-state index in [2.05, 4.69) is 4.90 Å².